The Kier molecular flexibility index (Phi) is 6.22. The van der Waals surface area contributed by atoms with Crippen molar-refractivity contribution >= 4 is 0 Å². The average molecular weight is 175 g/mol. The first-order chi connectivity index (χ1) is 6.50. The molecule has 1 rings (SSSR count). The molecule has 0 fully saturated rings. The fourth-order valence-corrected chi connectivity index (χ4v) is 1.40. The molecule has 13 heavy (non-hydrogen) atoms. The molecule has 0 amide bonds. The molecule has 0 heterocycles. The molecule has 0 aliphatic heterocycles. The van der Waals surface area contributed by atoms with Crippen molar-refractivity contribution in [2.45, 2.75) is 38.5 Å². The van der Waals surface area contributed by atoms with Crippen LogP contribution in [0.1, 0.15) is 38.5 Å². The Hall–Kier alpha value is -0.780. The van der Waals surface area contributed by atoms with Crippen molar-refractivity contribution in [1.82, 2.24) is 0 Å². The van der Waals surface area contributed by atoms with Gasteiger partial charge in [-0.2, -0.15) is 0 Å². The highest BCUT2D eigenvalue weighted by molar-refractivity contribution is 5.11. The first-order valence-electron chi connectivity index (χ1n) is 5.30. The fraction of sp³-hybridized carbons (Fsp3) is 0.462. The summed E-state index contributed by atoms with van der Waals surface area (Å²) in [4.78, 5) is 0. The molecule has 0 aromatic heterocycles. The van der Waals surface area contributed by atoms with E-state index < -0.39 is 0 Å². The third-order valence-corrected chi connectivity index (χ3v) is 2.19. The van der Waals surface area contributed by atoms with Crippen LogP contribution in [0.3, 0.4) is 0 Å². The number of rotatable bonds is 0. The zero-order valence-electron chi connectivity index (χ0n) is 8.28. The maximum Gasteiger partial charge on any atom is -0.0316 e. The molecule has 0 nitrogen and oxygen atoms in total. The summed E-state index contributed by atoms with van der Waals surface area (Å²) in [6.07, 6.45) is 23.0. The van der Waals surface area contributed by atoms with Gasteiger partial charge >= 0.3 is 0 Å². The molecule has 0 unspecified atom stereocenters. The summed E-state index contributed by atoms with van der Waals surface area (Å²) in [5.74, 6) is 0. The lowest BCUT2D eigenvalue weighted by atomic mass is 10.1. The number of hydrogen-bond donors (Lipinski definition) is 0. The van der Waals surface area contributed by atoms with Gasteiger partial charge in [-0.1, -0.05) is 49.3 Å². The minimum Gasteiger partial charge on any atom is -0.0845 e. The summed E-state index contributed by atoms with van der Waals surface area (Å²) in [7, 11) is 0. The van der Waals surface area contributed by atoms with Crippen molar-refractivity contribution in [3.8, 4) is 0 Å². The molecule has 1 aliphatic carbocycles. The molecule has 0 atom stereocenters. The quantitative estimate of drug-likeness (QED) is 0.517. The summed E-state index contributed by atoms with van der Waals surface area (Å²) in [6, 6.07) is 0. The maximum absolute atomic E-state index is 2.37. The van der Waals surface area contributed by atoms with Gasteiger partial charge in [-0.3, -0.25) is 0 Å². The van der Waals surface area contributed by atoms with E-state index in [1.54, 1.807) is 0 Å². The molecule has 0 bridgehead atoms. The Morgan fingerprint density at radius 1 is 0.615 bits per heavy atom. The first kappa shape index (κ1) is 10.3. The van der Waals surface area contributed by atoms with Crippen molar-refractivity contribution in [3.63, 3.8) is 0 Å². The molecular weight excluding hydrogens is 156 g/mol. The van der Waals surface area contributed by atoms with Gasteiger partial charge in [0.2, 0.25) is 0 Å². The monoisotopic (exact) mass is 175 g/mol. The van der Waals surface area contributed by atoms with Gasteiger partial charge in [0.05, 0.1) is 0 Å². The van der Waals surface area contributed by atoms with Crippen molar-refractivity contribution < 1.29 is 0 Å². The topological polar surface area (TPSA) is 0 Å². The van der Waals surface area contributed by atoms with E-state index in [2.05, 4.69) is 42.9 Å². The predicted molar refractivity (Wildman–Crippen MR) is 59.4 cm³/mol. The highest BCUT2D eigenvalue weighted by Gasteiger charge is 1.88. The summed E-state index contributed by atoms with van der Waals surface area (Å²) < 4.78 is 0. The molecule has 0 heteroatoms. The van der Waals surface area contributed by atoms with Gasteiger partial charge < -0.3 is 0 Å². The zero-order chi connectivity index (χ0) is 9.19. The van der Waals surface area contributed by atoms with E-state index in [1.165, 1.54) is 32.1 Å². The molecule has 0 spiro atoms. The Balaban J connectivity index is 2.29. The molecule has 0 aromatic rings. The highest BCUT2D eigenvalue weighted by Crippen LogP contribution is 2.07. The van der Waals surface area contributed by atoms with E-state index in [-0.39, 0.29) is 0 Å². The summed E-state index contributed by atoms with van der Waals surface area (Å²) in [6.45, 7) is 0. The maximum atomic E-state index is 2.37. The highest BCUT2D eigenvalue weighted by atomic mass is 13.9. The van der Waals surface area contributed by atoms with Crippen LogP contribution in [0.15, 0.2) is 36.5 Å². The first-order valence-corrected chi connectivity index (χ1v) is 5.30. The van der Waals surface area contributed by atoms with Gasteiger partial charge in [0, 0.05) is 0 Å². The summed E-state index contributed by atoms with van der Waals surface area (Å²) in [5, 5.41) is 0. The zero-order valence-corrected chi connectivity index (χ0v) is 8.28. The molecule has 1 radical (unpaired) electrons. The number of allylic oxidation sites excluding steroid dienone is 6. The van der Waals surface area contributed by atoms with E-state index >= 15 is 0 Å². The third-order valence-electron chi connectivity index (χ3n) is 2.19. The van der Waals surface area contributed by atoms with Crippen LogP contribution in [0.5, 0.6) is 0 Å². The normalized spacial score (nSPS) is 27.7. The summed E-state index contributed by atoms with van der Waals surface area (Å²) in [5.41, 5.74) is 0. The standard InChI is InChI=1S/C13H19/c1-2-4-6-8-10-12-13-11-9-7-5-3-1/h1-6,9H,7-8,10-13H2/b2-1+,5-3-,6-4+. The van der Waals surface area contributed by atoms with Crippen LogP contribution in [-0.2, 0) is 0 Å². The van der Waals surface area contributed by atoms with E-state index in [0.717, 1.165) is 6.42 Å². The van der Waals surface area contributed by atoms with Gasteiger partial charge in [0.25, 0.3) is 0 Å². The predicted octanol–water partition coefficient (Wildman–Crippen LogP) is 4.21. The average Bonchev–Trinajstić information content (AvgIpc) is 2.18. The lowest BCUT2D eigenvalue weighted by Crippen LogP contribution is -1.78. The van der Waals surface area contributed by atoms with Crippen LogP contribution < -0.4 is 0 Å². The Morgan fingerprint density at radius 2 is 1.38 bits per heavy atom. The molecule has 71 valence electrons. The van der Waals surface area contributed by atoms with Crippen LogP contribution in [-0.4, -0.2) is 0 Å². The Bertz CT molecular complexity index is 164. The lowest BCUT2D eigenvalue weighted by molar-refractivity contribution is 0.676. The summed E-state index contributed by atoms with van der Waals surface area (Å²) >= 11 is 0. The smallest absolute Gasteiger partial charge is 0.0316 e. The van der Waals surface area contributed by atoms with Crippen LogP contribution in [0.2, 0.25) is 0 Å². The van der Waals surface area contributed by atoms with Crippen molar-refractivity contribution in [1.29, 1.82) is 0 Å². The SMILES string of the molecule is [CH]1C\C=C/C=C/C=C/CCCCC1. The second kappa shape index (κ2) is 7.85. The molecular formula is C13H19. The second-order valence-electron chi connectivity index (χ2n) is 3.40. The van der Waals surface area contributed by atoms with Gasteiger partial charge in [0.15, 0.2) is 0 Å². The van der Waals surface area contributed by atoms with Gasteiger partial charge in [-0.25, -0.2) is 0 Å². The largest absolute Gasteiger partial charge is 0.0845 e. The van der Waals surface area contributed by atoms with Gasteiger partial charge in [0.1, 0.15) is 0 Å². The molecule has 0 saturated heterocycles. The van der Waals surface area contributed by atoms with Gasteiger partial charge in [-0.05, 0) is 32.1 Å². The molecule has 0 saturated carbocycles. The minimum absolute atomic E-state index is 1.12. The van der Waals surface area contributed by atoms with Crippen molar-refractivity contribution in [2.75, 3.05) is 0 Å². The van der Waals surface area contributed by atoms with Crippen LogP contribution in [0, 0.1) is 6.42 Å². The van der Waals surface area contributed by atoms with Crippen molar-refractivity contribution in [3.05, 3.63) is 42.9 Å². The molecule has 1 aliphatic rings. The minimum atomic E-state index is 1.12. The van der Waals surface area contributed by atoms with Crippen LogP contribution >= 0.6 is 0 Å². The fourth-order valence-electron chi connectivity index (χ4n) is 1.40. The Labute approximate surface area is 82.0 Å². The molecule has 0 N–H and O–H groups in total. The van der Waals surface area contributed by atoms with Crippen LogP contribution in [0.4, 0.5) is 0 Å². The van der Waals surface area contributed by atoms with Gasteiger partial charge in [-0.15, -0.1) is 0 Å². The molecule has 0 aromatic carbocycles. The van der Waals surface area contributed by atoms with E-state index in [4.69, 9.17) is 0 Å². The van der Waals surface area contributed by atoms with Crippen molar-refractivity contribution in [2.24, 2.45) is 0 Å². The van der Waals surface area contributed by atoms with E-state index in [1.807, 2.05) is 0 Å². The number of hydrogen-bond acceptors (Lipinski definition) is 0. The third kappa shape index (κ3) is 6.39. The second-order valence-corrected chi connectivity index (χ2v) is 3.40. The van der Waals surface area contributed by atoms with Crippen LogP contribution in [0.25, 0.3) is 0 Å². The van der Waals surface area contributed by atoms with E-state index in [9.17, 15) is 0 Å². The van der Waals surface area contributed by atoms with E-state index in [0.29, 0.717) is 0 Å². The lowest BCUT2D eigenvalue weighted by Gasteiger charge is -1.97. The Morgan fingerprint density at radius 3 is 2.31 bits per heavy atom.